The first-order valence-corrected chi connectivity index (χ1v) is 6.44. The molecular formula is C14H19NO2. The molecule has 1 aromatic rings. The van der Waals surface area contributed by atoms with Crippen LogP contribution in [0.1, 0.15) is 18.4 Å². The summed E-state index contributed by atoms with van der Waals surface area (Å²) in [4.78, 5) is 2.37. The van der Waals surface area contributed by atoms with Gasteiger partial charge in [-0.25, -0.2) is 0 Å². The number of hydrogen-bond acceptors (Lipinski definition) is 3. The Labute approximate surface area is 102 Å². The summed E-state index contributed by atoms with van der Waals surface area (Å²) in [5, 5.41) is 20.1. The van der Waals surface area contributed by atoms with Crippen molar-refractivity contribution < 1.29 is 10.2 Å². The largest absolute Gasteiger partial charge is 0.508 e. The minimum atomic E-state index is -0.225. The van der Waals surface area contributed by atoms with E-state index in [1.807, 2.05) is 18.2 Å². The van der Waals surface area contributed by atoms with Gasteiger partial charge in [-0.05, 0) is 49.9 Å². The Balaban J connectivity index is 1.79. The van der Waals surface area contributed by atoms with Crippen LogP contribution in [0.2, 0.25) is 0 Å². The number of phenolic OH excluding ortho intramolecular Hbond substituents is 1. The first-order valence-electron chi connectivity index (χ1n) is 6.44. The normalized spacial score (nSPS) is 36.1. The summed E-state index contributed by atoms with van der Waals surface area (Å²) in [6.07, 6.45) is 2.78. The molecular weight excluding hydrogens is 214 g/mol. The molecule has 17 heavy (non-hydrogen) atoms. The molecule has 3 fully saturated rings. The van der Waals surface area contributed by atoms with E-state index < -0.39 is 0 Å². The van der Waals surface area contributed by atoms with Crippen LogP contribution in [0.5, 0.6) is 5.75 Å². The minimum Gasteiger partial charge on any atom is -0.508 e. The van der Waals surface area contributed by atoms with Crippen molar-refractivity contribution in [1.29, 1.82) is 0 Å². The van der Waals surface area contributed by atoms with Crippen molar-refractivity contribution in [3.63, 3.8) is 0 Å². The van der Waals surface area contributed by atoms with Gasteiger partial charge in [-0.15, -0.1) is 0 Å². The van der Waals surface area contributed by atoms with Gasteiger partial charge in [0.1, 0.15) is 5.75 Å². The molecule has 3 saturated heterocycles. The summed E-state index contributed by atoms with van der Waals surface area (Å²) >= 11 is 0. The van der Waals surface area contributed by atoms with Crippen molar-refractivity contribution in [3.05, 3.63) is 29.8 Å². The lowest BCUT2D eigenvalue weighted by atomic mass is 9.78. The SMILES string of the molecule is Oc1ccccc1C[C@@H]1[C@@H](O)C2CCN1CC2. The number of aromatic hydroxyl groups is 1. The van der Waals surface area contributed by atoms with Crippen LogP contribution in [0.3, 0.4) is 0 Å². The molecule has 2 N–H and O–H groups in total. The van der Waals surface area contributed by atoms with E-state index in [0.29, 0.717) is 11.7 Å². The van der Waals surface area contributed by atoms with Crippen molar-refractivity contribution >= 4 is 0 Å². The Kier molecular flexibility index (Phi) is 2.81. The zero-order chi connectivity index (χ0) is 11.8. The lowest BCUT2D eigenvalue weighted by Crippen LogP contribution is -2.58. The maximum Gasteiger partial charge on any atom is 0.118 e. The van der Waals surface area contributed by atoms with Gasteiger partial charge in [-0.3, -0.25) is 4.90 Å². The summed E-state index contributed by atoms with van der Waals surface area (Å²) in [5.41, 5.74) is 0.948. The van der Waals surface area contributed by atoms with Gasteiger partial charge in [-0.2, -0.15) is 0 Å². The number of rotatable bonds is 2. The molecule has 1 aromatic carbocycles. The average molecular weight is 233 g/mol. The van der Waals surface area contributed by atoms with E-state index in [2.05, 4.69) is 4.90 Å². The second-order valence-electron chi connectivity index (χ2n) is 5.26. The van der Waals surface area contributed by atoms with E-state index >= 15 is 0 Å². The Morgan fingerprint density at radius 3 is 2.53 bits per heavy atom. The monoisotopic (exact) mass is 233 g/mol. The third kappa shape index (κ3) is 1.94. The number of benzene rings is 1. The summed E-state index contributed by atoms with van der Waals surface area (Å²) in [6, 6.07) is 7.64. The number of aliphatic hydroxyl groups excluding tert-OH is 1. The van der Waals surface area contributed by atoms with E-state index in [4.69, 9.17) is 0 Å². The zero-order valence-electron chi connectivity index (χ0n) is 9.92. The van der Waals surface area contributed by atoms with Gasteiger partial charge in [0.05, 0.1) is 6.10 Å². The van der Waals surface area contributed by atoms with Crippen LogP contribution in [0, 0.1) is 5.92 Å². The first kappa shape index (κ1) is 11.1. The summed E-state index contributed by atoms with van der Waals surface area (Å²) in [5.74, 6) is 0.818. The molecule has 0 radical (unpaired) electrons. The van der Waals surface area contributed by atoms with Gasteiger partial charge in [0.15, 0.2) is 0 Å². The van der Waals surface area contributed by atoms with Crippen molar-refractivity contribution in [2.45, 2.75) is 31.4 Å². The maximum absolute atomic E-state index is 10.3. The number of aliphatic hydroxyl groups is 1. The highest BCUT2D eigenvalue weighted by Gasteiger charge is 2.41. The van der Waals surface area contributed by atoms with Crippen molar-refractivity contribution in [3.8, 4) is 5.75 Å². The van der Waals surface area contributed by atoms with Gasteiger partial charge in [0.2, 0.25) is 0 Å². The molecule has 92 valence electrons. The second kappa shape index (κ2) is 4.31. The Morgan fingerprint density at radius 2 is 1.88 bits per heavy atom. The summed E-state index contributed by atoms with van der Waals surface area (Å²) < 4.78 is 0. The molecule has 0 spiro atoms. The molecule has 3 aliphatic heterocycles. The van der Waals surface area contributed by atoms with Crippen molar-refractivity contribution in [2.24, 2.45) is 5.92 Å². The molecule has 2 bridgehead atoms. The Morgan fingerprint density at radius 1 is 1.18 bits per heavy atom. The highest BCUT2D eigenvalue weighted by atomic mass is 16.3. The molecule has 3 aliphatic rings. The van der Waals surface area contributed by atoms with E-state index in [9.17, 15) is 10.2 Å². The van der Waals surface area contributed by atoms with Gasteiger partial charge in [-0.1, -0.05) is 18.2 Å². The Hall–Kier alpha value is -1.06. The molecule has 3 heterocycles. The number of fused-ring (bicyclic) bond motifs is 3. The van der Waals surface area contributed by atoms with Gasteiger partial charge in [0.25, 0.3) is 0 Å². The number of nitrogens with zero attached hydrogens (tertiary/aromatic N) is 1. The lowest BCUT2D eigenvalue weighted by Gasteiger charge is -2.49. The zero-order valence-corrected chi connectivity index (χ0v) is 9.92. The molecule has 0 unspecified atom stereocenters. The number of hydrogen-bond donors (Lipinski definition) is 2. The maximum atomic E-state index is 10.3. The number of phenols is 1. The number of piperidine rings is 3. The smallest absolute Gasteiger partial charge is 0.118 e. The summed E-state index contributed by atoms with van der Waals surface area (Å²) in [7, 11) is 0. The van der Waals surface area contributed by atoms with Crippen LogP contribution >= 0.6 is 0 Å². The van der Waals surface area contributed by atoms with Crippen molar-refractivity contribution in [1.82, 2.24) is 4.90 Å². The quantitative estimate of drug-likeness (QED) is 0.811. The fourth-order valence-corrected chi connectivity index (χ4v) is 3.28. The van der Waals surface area contributed by atoms with Crippen LogP contribution in [-0.2, 0) is 6.42 Å². The highest BCUT2D eigenvalue weighted by Crippen LogP contribution is 2.34. The molecule has 0 amide bonds. The summed E-state index contributed by atoms with van der Waals surface area (Å²) in [6.45, 7) is 2.19. The van der Waals surface area contributed by atoms with E-state index in [-0.39, 0.29) is 12.1 Å². The molecule has 0 saturated carbocycles. The second-order valence-corrected chi connectivity index (χ2v) is 5.26. The standard InChI is InChI=1S/C14H19NO2/c16-13-4-2-1-3-11(13)9-12-14(17)10-5-7-15(12)8-6-10/h1-4,10,12,14,16-17H,5-9H2/t12-,14+/m1/s1. The van der Waals surface area contributed by atoms with Gasteiger partial charge < -0.3 is 10.2 Å². The van der Waals surface area contributed by atoms with Crippen LogP contribution in [0.15, 0.2) is 24.3 Å². The topological polar surface area (TPSA) is 43.7 Å². The van der Waals surface area contributed by atoms with E-state index in [1.54, 1.807) is 6.07 Å². The molecule has 2 atom stereocenters. The fourth-order valence-electron chi connectivity index (χ4n) is 3.28. The Bertz CT molecular complexity index is 397. The van der Waals surface area contributed by atoms with Gasteiger partial charge in [0, 0.05) is 6.04 Å². The molecule has 3 heteroatoms. The fraction of sp³-hybridized carbons (Fsp3) is 0.571. The third-order valence-electron chi connectivity index (χ3n) is 4.34. The average Bonchev–Trinajstić information content (AvgIpc) is 2.36. The predicted molar refractivity (Wildman–Crippen MR) is 65.9 cm³/mol. The minimum absolute atomic E-state index is 0.191. The van der Waals surface area contributed by atoms with E-state index in [0.717, 1.165) is 37.9 Å². The van der Waals surface area contributed by atoms with E-state index in [1.165, 1.54) is 0 Å². The van der Waals surface area contributed by atoms with Crippen LogP contribution in [-0.4, -0.2) is 40.3 Å². The van der Waals surface area contributed by atoms with Crippen molar-refractivity contribution in [2.75, 3.05) is 13.1 Å². The molecule has 4 rings (SSSR count). The first-order chi connectivity index (χ1) is 8.25. The molecule has 0 aromatic heterocycles. The van der Waals surface area contributed by atoms with Crippen LogP contribution in [0.4, 0.5) is 0 Å². The third-order valence-corrected chi connectivity index (χ3v) is 4.34. The van der Waals surface area contributed by atoms with Crippen LogP contribution < -0.4 is 0 Å². The predicted octanol–water partition coefficient (Wildman–Crippen LogP) is 1.39. The molecule has 0 aliphatic carbocycles. The molecule has 3 nitrogen and oxygen atoms in total. The lowest BCUT2D eigenvalue weighted by molar-refractivity contribution is -0.0716. The number of para-hydroxylation sites is 1. The van der Waals surface area contributed by atoms with Gasteiger partial charge >= 0.3 is 0 Å². The highest BCUT2D eigenvalue weighted by molar-refractivity contribution is 5.32. The van der Waals surface area contributed by atoms with Crippen LogP contribution in [0.25, 0.3) is 0 Å².